The van der Waals surface area contributed by atoms with Crippen LogP contribution in [0.4, 0.5) is 5.69 Å². The first kappa shape index (κ1) is 19.2. The van der Waals surface area contributed by atoms with E-state index >= 15 is 0 Å². The summed E-state index contributed by atoms with van der Waals surface area (Å²) in [5.74, 6) is 0.588. The molecule has 4 heteroatoms. The van der Waals surface area contributed by atoms with Gasteiger partial charge in [-0.2, -0.15) is 0 Å². The second-order valence-corrected chi connectivity index (χ2v) is 7.87. The van der Waals surface area contributed by atoms with Crippen LogP contribution in [-0.4, -0.2) is 18.4 Å². The minimum Gasteiger partial charge on any atom is -0.355 e. The lowest BCUT2D eigenvalue weighted by molar-refractivity contribution is -0.123. The number of amides is 2. The lowest BCUT2D eigenvalue weighted by atomic mass is 9.94. The molecule has 0 aliphatic heterocycles. The van der Waals surface area contributed by atoms with Gasteiger partial charge in [-0.05, 0) is 61.4 Å². The zero-order valence-electron chi connectivity index (χ0n) is 16.3. The Morgan fingerprint density at radius 1 is 1.04 bits per heavy atom. The van der Waals surface area contributed by atoms with Crippen LogP contribution in [0.25, 0.3) is 0 Å². The molecule has 0 unspecified atom stereocenters. The second kappa shape index (κ2) is 7.95. The van der Waals surface area contributed by atoms with Crippen molar-refractivity contribution in [2.24, 2.45) is 5.92 Å². The van der Waals surface area contributed by atoms with Crippen molar-refractivity contribution in [3.63, 3.8) is 0 Å². The summed E-state index contributed by atoms with van der Waals surface area (Å²) < 4.78 is 0. The zero-order valence-corrected chi connectivity index (χ0v) is 16.3. The molecule has 0 bridgehead atoms. The van der Waals surface area contributed by atoms with Gasteiger partial charge in [0.25, 0.3) is 5.91 Å². The smallest absolute Gasteiger partial charge is 0.255 e. The zero-order chi connectivity index (χ0) is 19.4. The van der Waals surface area contributed by atoms with Crippen molar-refractivity contribution in [2.45, 2.75) is 45.4 Å². The van der Waals surface area contributed by atoms with E-state index in [0.717, 1.165) is 42.6 Å². The van der Waals surface area contributed by atoms with E-state index < -0.39 is 0 Å². The Morgan fingerprint density at radius 2 is 1.70 bits per heavy atom. The summed E-state index contributed by atoms with van der Waals surface area (Å²) in [7, 11) is 0. The second-order valence-electron chi connectivity index (χ2n) is 7.87. The minimum absolute atomic E-state index is 0.117. The molecule has 2 aromatic carbocycles. The van der Waals surface area contributed by atoms with Gasteiger partial charge in [0.05, 0.1) is 5.41 Å². The van der Waals surface area contributed by atoms with E-state index in [9.17, 15) is 9.59 Å². The van der Waals surface area contributed by atoms with Crippen molar-refractivity contribution in [2.75, 3.05) is 11.9 Å². The molecule has 0 atom stereocenters. The molecule has 2 amide bonds. The van der Waals surface area contributed by atoms with Crippen molar-refractivity contribution in [1.82, 2.24) is 5.32 Å². The number of nitrogens with one attached hydrogen (secondary N) is 2. The van der Waals surface area contributed by atoms with Crippen molar-refractivity contribution >= 4 is 17.5 Å². The van der Waals surface area contributed by atoms with Crippen molar-refractivity contribution in [3.05, 3.63) is 65.2 Å². The van der Waals surface area contributed by atoms with E-state index in [1.54, 1.807) is 0 Å². The quantitative estimate of drug-likeness (QED) is 0.763. The predicted molar refractivity (Wildman–Crippen MR) is 109 cm³/mol. The van der Waals surface area contributed by atoms with Gasteiger partial charge in [0.15, 0.2) is 0 Å². The summed E-state index contributed by atoms with van der Waals surface area (Å²) in [6.45, 7) is 6.96. The molecule has 0 saturated heterocycles. The lowest BCUT2D eigenvalue weighted by Crippen LogP contribution is -2.35. The van der Waals surface area contributed by atoms with Gasteiger partial charge in [-0.1, -0.05) is 44.2 Å². The minimum atomic E-state index is -0.379. The highest BCUT2D eigenvalue weighted by Crippen LogP contribution is 2.48. The summed E-state index contributed by atoms with van der Waals surface area (Å²) >= 11 is 0. The summed E-state index contributed by atoms with van der Waals surface area (Å²) in [5, 5.41) is 6.02. The number of anilines is 1. The molecule has 4 nitrogen and oxygen atoms in total. The molecule has 3 rings (SSSR count). The van der Waals surface area contributed by atoms with Crippen LogP contribution in [-0.2, 0) is 10.2 Å². The Bertz CT molecular complexity index is 821. The third-order valence-corrected chi connectivity index (χ3v) is 5.28. The fourth-order valence-corrected chi connectivity index (χ4v) is 3.31. The lowest BCUT2D eigenvalue weighted by Gasteiger charge is -2.17. The molecule has 0 heterocycles. The van der Waals surface area contributed by atoms with Crippen LogP contribution in [0.15, 0.2) is 48.5 Å². The Balaban J connectivity index is 1.64. The first-order valence-electron chi connectivity index (χ1n) is 9.68. The number of carbonyl (C=O) groups excluding carboxylic acids is 2. The largest absolute Gasteiger partial charge is 0.355 e. The van der Waals surface area contributed by atoms with Gasteiger partial charge in [-0.3, -0.25) is 9.59 Å². The Hall–Kier alpha value is -2.62. The SMILES string of the molecule is Cc1ccccc1C(=O)Nc1ccc(C2(C(=O)NCCC(C)C)CC2)cc1. The fourth-order valence-electron chi connectivity index (χ4n) is 3.31. The van der Waals surface area contributed by atoms with Gasteiger partial charge in [0.1, 0.15) is 0 Å². The Kier molecular flexibility index (Phi) is 5.64. The third kappa shape index (κ3) is 4.38. The standard InChI is InChI=1S/C23H28N2O2/c1-16(2)12-15-24-22(27)23(13-14-23)18-8-10-19(11-9-18)25-21(26)20-7-5-4-6-17(20)3/h4-11,16H,12-15H2,1-3H3,(H,24,27)(H,25,26). The highest BCUT2D eigenvalue weighted by atomic mass is 16.2. The molecular weight excluding hydrogens is 336 g/mol. The van der Waals surface area contributed by atoms with Crippen LogP contribution >= 0.6 is 0 Å². The summed E-state index contributed by atoms with van der Waals surface area (Å²) in [5.41, 5.74) is 3.00. The summed E-state index contributed by atoms with van der Waals surface area (Å²) in [6, 6.07) is 15.2. The molecule has 27 heavy (non-hydrogen) atoms. The van der Waals surface area contributed by atoms with E-state index in [1.807, 2.05) is 55.5 Å². The molecular formula is C23H28N2O2. The number of hydrogen-bond acceptors (Lipinski definition) is 2. The Morgan fingerprint density at radius 3 is 2.30 bits per heavy atom. The van der Waals surface area contributed by atoms with E-state index in [1.165, 1.54) is 0 Å². The maximum atomic E-state index is 12.6. The number of hydrogen-bond donors (Lipinski definition) is 2. The van der Waals surface area contributed by atoms with Gasteiger partial charge in [0.2, 0.25) is 5.91 Å². The average molecular weight is 364 g/mol. The van der Waals surface area contributed by atoms with E-state index in [-0.39, 0.29) is 17.2 Å². The number of carbonyl (C=O) groups is 2. The monoisotopic (exact) mass is 364 g/mol. The van der Waals surface area contributed by atoms with E-state index in [0.29, 0.717) is 11.5 Å². The molecule has 2 aromatic rings. The fraction of sp³-hybridized carbons (Fsp3) is 0.391. The summed E-state index contributed by atoms with van der Waals surface area (Å²) in [6.07, 6.45) is 2.76. The maximum Gasteiger partial charge on any atom is 0.255 e. The molecule has 1 fully saturated rings. The van der Waals surface area contributed by atoms with E-state index in [2.05, 4.69) is 24.5 Å². The first-order chi connectivity index (χ1) is 12.9. The topological polar surface area (TPSA) is 58.2 Å². The van der Waals surface area contributed by atoms with Crippen LogP contribution in [0.3, 0.4) is 0 Å². The molecule has 2 N–H and O–H groups in total. The molecule has 0 radical (unpaired) electrons. The van der Waals surface area contributed by atoms with Gasteiger partial charge < -0.3 is 10.6 Å². The van der Waals surface area contributed by atoms with Crippen LogP contribution in [0.1, 0.15) is 54.6 Å². The van der Waals surface area contributed by atoms with Gasteiger partial charge >= 0.3 is 0 Å². The molecule has 0 spiro atoms. The summed E-state index contributed by atoms with van der Waals surface area (Å²) in [4.78, 5) is 25.0. The number of rotatable bonds is 7. The molecule has 1 aliphatic carbocycles. The van der Waals surface area contributed by atoms with Crippen molar-refractivity contribution in [3.8, 4) is 0 Å². The molecule has 142 valence electrons. The van der Waals surface area contributed by atoms with E-state index in [4.69, 9.17) is 0 Å². The van der Waals surface area contributed by atoms with Crippen LogP contribution in [0.2, 0.25) is 0 Å². The van der Waals surface area contributed by atoms with Gasteiger partial charge in [-0.25, -0.2) is 0 Å². The maximum absolute atomic E-state index is 12.6. The van der Waals surface area contributed by atoms with Crippen molar-refractivity contribution < 1.29 is 9.59 Å². The van der Waals surface area contributed by atoms with Crippen molar-refractivity contribution in [1.29, 1.82) is 0 Å². The van der Waals surface area contributed by atoms with Crippen LogP contribution in [0.5, 0.6) is 0 Å². The normalized spacial score (nSPS) is 14.7. The van der Waals surface area contributed by atoms with Gasteiger partial charge in [0, 0.05) is 17.8 Å². The number of aryl methyl sites for hydroxylation is 1. The average Bonchev–Trinajstić information content (AvgIpc) is 3.44. The predicted octanol–water partition coefficient (Wildman–Crippen LogP) is 4.44. The number of benzene rings is 2. The molecule has 1 aliphatic rings. The van der Waals surface area contributed by atoms with Crippen LogP contribution < -0.4 is 10.6 Å². The molecule has 0 aromatic heterocycles. The first-order valence-corrected chi connectivity index (χ1v) is 9.68. The third-order valence-electron chi connectivity index (χ3n) is 5.28. The molecule has 1 saturated carbocycles. The van der Waals surface area contributed by atoms with Crippen LogP contribution in [0, 0.1) is 12.8 Å². The highest BCUT2D eigenvalue weighted by molar-refractivity contribution is 6.05. The Labute approximate surface area is 161 Å². The van der Waals surface area contributed by atoms with Gasteiger partial charge in [-0.15, -0.1) is 0 Å². The highest BCUT2D eigenvalue weighted by Gasteiger charge is 2.50.